The van der Waals surface area contributed by atoms with Crippen LogP contribution in [0.15, 0.2) is 24.3 Å². The summed E-state index contributed by atoms with van der Waals surface area (Å²) >= 11 is 0. The Hall–Kier alpha value is -1.51. The fraction of sp³-hybridized carbons (Fsp3) is 0.533. The van der Waals surface area contributed by atoms with Gasteiger partial charge in [0.1, 0.15) is 5.75 Å². The topological polar surface area (TPSA) is 29.5 Å². The van der Waals surface area contributed by atoms with Gasteiger partial charge in [-0.1, -0.05) is 12.1 Å². The summed E-state index contributed by atoms with van der Waals surface area (Å²) in [6.07, 6.45) is 3.67. The molecule has 0 aromatic heterocycles. The number of methoxy groups -OCH3 is 1. The van der Waals surface area contributed by atoms with E-state index in [4.69, 9.17) is 4.74 Å². The van der Waals surface area contributed by atoms with Crippen molar-refractivity contribution in [2.45, 2.75) is 38.6 Å². The third-order valence-electron chi connectivity index (χ3n) is 3.64. The second-order valence-electron chi connectivity index (χ2n) is 4.93. The number of carbonyl (C=O) groups is 1. The summed E-state index contributed by atoms with van der Waals surface area (Å²) in [5, 5.41) is 0. The predicted octanol–water partition coefficient (Wildman–Crippen LogP) is 2.64. The van der Waals surface area contributed by atoms with Crippen molar-refractivity contribution in [3.8, 4) is 5.75 Å². The summed E-state index contributed by atoms with van der Waals surface area (Å²) in [5.74, 6) is 1.14. The maximum absolute atomic E-state index is 12.1. The van der Waals surface area contributed by atoms with E-state index in [0.717, 1.165) is 37.1 Å². The van der Waals surface area contributed by atoms with E-state index < -0.39 is 0 Å². The zero-order valence-electron chi connectivity index (χ0n) is 11.2. The molecule has 1 atom stereocenters. The van der Waals surface area contributed by atoms with Crippen molar-refractivity contribution in [1.82, 2.24) is 4.90 Å². The van der Waals surface area contributed by atoms with E-state index in [2.05, 4.69) is 6.92 Å². The standard InChI is InChI=1S/C15H21NO2/c1-12-5-4-10-16(12)15(17)9-8-13-6-3-7-14(11-13)18-2/h3,6-7,11-12H,4-5,8-10H2,1-2H3. The molecule has 1 amide bonds. The predicted molar refractivity (Wildman–Crippen MR) is 71.7 cm³/mol. The molecule has 3 heteroatoms. The van der Waals surface area contributed by atoms with Gasteiger partial charge in [0.05, 0.1) is 7.11 Å². The van der Waals surface area contributed by atoms with Gasteiger partial charge in [0, 0.05) is 19.0 Å². The van der Waals surface area contributed by atoms with Crippen LogP contribution in [0.5, 0.6) is 5.75 Å². The summed E-state index contributed by atoms with van der Waals surface area (Å²) < 4.78 is 5.18. The lowest BCUT2D eigenvalue weighted by molar-refractivity contribution is -0.131. The Kier molecular flexibility index (Phi) is 4.24. The summed E-state index contributed by atoms with van der Waals surface area (Å²) in [6.45, 7) is 3.06. The van der Waals surface area contributed by atoms with Gasteiger partial charge in [-0.3, -0.25) is 4.79 Å². The van der Waals surface area contributed by atoms with Crippen molar-refractivity contribution >= 4 is 5.91 Å². The van der Waals surface area contributed by atoms with Crippen LogP contribution in [0, 0.1) is 0 Å². The monoisotopic (exact) mass is 247 g/mol. The van der Waals surface area contributed by atoms with Crippen LogP contribution in [0.3, 0.4) is 0 Å². The van der Waals surface area contributed by atoms with E-state index in [9.17, 15) is 4.79 Å². The zero-order valence-corrected chi connectivity index (χ0v) is 11.2. The molecule has 1 saturated heterocycles. The van der Waals surface area contributed by atoms with Crippen LogP contribution in [0.25, 0.3) is 0 Å². The van der Waals surface area contributed by atoms with Gasteiger partial charge >= 0.3 is 0 Å². The lowest BCUT2D eigenvalue weighted by Crippen LogP contribution is -2.33. The highest BCUT2D eigenvalue weighted by atomic mass is 16.5. The first kappa shape index (κ1) is 12.9. The average Bonchev–Trinajstić information content (AvgIpc) is 2.82. The first-order chi connectivity index (χ1) is 8.70. The van der Waals surface area contributed by atoms with Crippen molar-refractivity contribution in [2.75, 3.05) is 13.7 Å². The van der Waals surface area contributed by atoms with Gasteiger partial charge < -0.3 is 9.64 Å². The van der Waals surface area contributed by atoms with Crippen molar-refractivity contribution in [2.24, 2.45) is 0 Å². The van der Waals surface area contributed by atoms with Crippen molar-refractivity contribution in [3.05, 3.63) is 29.8 Å². The molecule has 1 aromatic carbocycles. The van der Waals surface area contributed by atoms with Crippen LogP contribution in [0.2, 0.25) is 0 Å². The Morgan fingerprint density at radius 3 is 3.00 bits per heavy atom. The Morgan fingerprint density at radius 2 is 2.33 bits per heavy atom. The molecular formula is C15H21NO2. The molecular weight excluding hydrogens is 226 g/mol. The van der Waals surface area contributed by atoms with Crippen LogP contribution < -0.4 is 4.74 Å². The number of carbonyl (C=O) groups excluding carboxylic acids is 1. The summed E-state index contributed by atoms with van der Waals surface area (Å²) in [6, 6.07) is 8.36. The second kappa shape index (κ2) is 5.89. The molecule has 1 aromatic rings. The number of amides is 1. The van der Waals surface area contributed by atoms with Gasteiger partial charge in [0.15, 0.2) is 0 Å². The minimum atomic E-state index is 0.280. The summed E-state index contributed by atoms with van der Waals surface area (Å²) in [5.41, 5.74) is 1.16. The fourth-order valence-electron chi connectivity index (χ4n) is 2.53. The highest BCUT2D eigenvalue weighted by molar-refractivity contribution is 5.77. The quantitative estimate of drug-likeness (QED) is 0.818. The number of hydrogen-bond donors (Lipinski definition) is 0. The molecule has 0 radical (unpaired) electrons. The largest absolute Gasteiger partial charge is 0.497 e. The Labute approximate surface area is 109 Å². The van der Waals surface area contributed by atoms with E-state index in [1.54, 1.807) is 7.11 Å². The summed E-state index contributed by atoms with van der Waals surface area (Å²) in [7, 11) is 1.66. The molecule has 0 aliphatic carbocycles. The molecule has 1 aliphatic rings. The maximum atomic E-state index is 12.1. The maximum Gasteiger partial charge on any atom is 0.223 e. The third-order valence-corrected chi connectivity index (χ3v) is 3.64. The van der Waals surface area contributed by atoms with Crippen molar-refractivity contribution in [3.63, 3.8) is 0 Å². The molecule has 2 rings (SSSR count). The minimum absolute atomic E-state index is 0.280. The van der Waals surface area contributed by atoms with Crippen LogP contribution in [-0.2, 0) is 11.2 Å². The first-order valence-electron chi connectivity index (χ1n) is 6.63. The SMILES string of the molecule is COc1cccc(CCC(=O)N2CCCC2C)c1. The second-order valence-corrected chi connectivity index (χ2v) is 4.93. The van der Waals surface area contributed by atoms with E-state index in [1.165, 1.54) is 0 Å². The molecule has 0 spiro atoms. The van der Waals surface area contributed by atoms with Crippen LogP contribution in [0.4, 0.5) is 0 Å². The lowest BCUT2D eigenvalue weighted by Gasteiger charge is -2.21. The Balaban J connectivity index is 1.88. The van der Waals surface area contributed by atoms with Gasteiger partial charge in [0.25, 0.3) is 0 Å². The molecule has 0 N–H and O–H groups in total. The first-order valence-corrected chi connectivity index (χ1v) is 6.63. The number of hydrogen-bond acceptors (Lipinski definition) is 2. The minimum Gasteiger partial charge on any atom is -0.497 e. The highest BCUT2D eigenvalue weighted by Crippen LogP contribution is 2.19. The molecule has 1 unspecified atom stereocenters. The molecule has 1 heterocycles. The smallest absolute Gasteiger partial charge is 0.223 e. The molecule has 3 nitrogen and oxygen atoms in total. The van der Waals surface area contributed by atoms with Crippen LogP contribution >= 0.6 is 0 Å². The van der Waals surface area contributed by atoms with Crippen LogP contribution in [-0.4, -0.2) is 30.5 Å². The van der Waals surface area contributed by atoms with Gasteiger partial charge in [-0.15, -0.1) is 0 Å². The number of nitrogens with zero attached hydrogens (tertiary/aromatic N) is 1. The number of benzene rings is 1. The van der Waals surface area contributed by atoms with Gasteiger partial charge in [-0.05, 0) is 43.9 Å². The Bertz CT molecular complexity index is 417. The fourth-order valence-corrected chi connectivity index (χ4v) is 2.53. The molecule has 0 saturated carbocycles. The van der Waals surface area contributed by atoms with E-state index in [1.807, 2.05) is 29.2 Å². The average molecular weight is 247 g/mol. The molecule has 1 aliphatic heterocycles. The normalized spacial score (nSPS) is 19.0. The number of aryl methyl sites for hydroxylation is 1. The molecule has 1 fully saturated rings. The van der Waals surface area contributed by atoms with Gasteiger partial charge in [-0.25, -0.2) is 0 Å². The third kappa shape index (κ3) is 3.03. The summed E-state index contributed by atoms with van der Waals surface area (Å²) in [4.78, 5) is 14.1. The number of likely N-dealkylation sites (tertiary alicyclic amines) is 1. The number of rotatable bonds is 4. The van der Waals surface area contributed by atoms with Gasteiger partial charge in [-0.2, -0.15) is 0 Å². The molecule has 0 bridgehead atoms. The van der Waals surface area contributed by atoms with Crippen molar-refractivity contribution in [1.29, 1.82) is 0 Å². The van der Waals surface area contributed by atoms with E-state index in [0.29, 0.717) is 12.5 Å². The molecule has 18 heavy (non-hydrogen) atoms. The van der Waals surface area contributed by atoms with Gasteiger partial charge in [0.2, 0.25) is 5.91 Å². The number of ether oxygens (including phenoxy) is 1. The van der Waals surface area contributed by atoms with Crippen molar-refractivity contribution < 1.29 is 9.53 Å². The highest BCUT2D eigenvalue weighted by Gasteiger charge is 2.24. The lowest BCUT2D eigenvalue weighted by atomic mass is 10.1. The van der Waals surface area contributed by atoms with Crippen LogP contribution in [0.1, 0.15) is 31.7 Å². The zero-order chi connectivity index (χ0) is 13.0. The molecule has 98 valence electrons. The Morgan fingerprint density at radius 1 is 1.50 bits per heavy atom. The van der Waals surface area contributed by atoms with E-state index >= 15 is 0 Å². The van der Waals surface area contributed by atoms with E-state index in [-0.39, 0.29) is 5.91 Å².